The normalized spacial score (nSPS) is 23.1. The average molecular weight is 237 g/mol. The number of nitrogens with zero attached hydrogens (tertiary/aromatic N) is 1. The number of hydrogen-bond donors (Lipinski definition) is 1. The second-order valence-corrected chi connectivity index (χ2v) is 4.04. The summed E-state index contributed by atoms with van der Waals surface area (Å²) >= 11 is 0. The summed E-state index contributed by atoms with van der Waals surface area (Å²) in [6.45, 7) is 3.93. The van der Waals surface area contributed by atoms with Gasteiger partial charge in [-0.05, 0) is 12.8 Å². The van der Waals surface area contributed by atoms with Crippen LogP contribution < -0.4 is 5.73 Å². The number of methoxy groups -OCH3 is 1. The zero-order chi connectivity index (χ0) is 10.6. The molecule has 2 atom stereocenters. The number of piperidine rings is 1. The van der Waals surface area contributed by atoms with Crippen LogP contribution in [0.2, 0.25) is 0 Å². The maximum atomic E-state index is 11.8. The highest BCUT2D eigenvalue weighted by Gasteiger charge is 2.24. The largest absolute Gasteiger partial charge is 0.384 e. The molecule has 90 valence electrons. The van der Waals surface area contributed by atoms with E-state index in [1.807, 2.05) is 11.8 Å². The maximum absolute atomic E-state index is 11.8. The average Bonchev–Trinajstić information content (AvgIpc) is 2.17. The fourth-order valence-electron chi connectivity index (χ4n) is 1.84. The monoisotopic (exact) mass is 236 g/mol. The first kappa shape index (κ1) is 14.7. The van der Waals surface area contributed by atoms with Gasteiger partial charge in [0.2, 0.25) is 5.91 Å². The molecular weight excluding hydrogens is 216 g/mol. The Balaban J connectivity index is 0.00000196. The zero-order valence-electron chi connectivity index (χ0n) is 9.44. The van der Waals surface area contributed by atoms with Gasteiger partial charge in [0.25, 0.3) is 0 Å². The molecule has 15 heavy (non-hydrogen) atoms. The van der Waals surface area contributed by atoms with Gasteiger partial charge in [0, 0.05) is 26.2 Å². The van der Waals surface area contributed by atoms with Crippen molar-refractivity contribution < 1.29 is 9.53 Å². The lowest BCUT2D eigenvalue weighted by Gasteiger charge is -2.32. The van der Waals surface area contributed by atoms with Gasteiger partial charge in [-0.3, -0.25) is 4.79 Å². The van der Waals surface area contributed by atoms with Crippen molar-refractivity contribution in [1.29, 1.82) is 0 Å². The summed E-state index contributed by atoms with van der Waals surface area (Å²) in [5, 5.41) is 0. The summed E-state index contributed by atoms with van der Waals surface area (Å²) < 4.78 is 4.96. The van der Waals surface area contributed by atoms with Crippen LogP contribution in [-0.2, 0) is 9.53 Å². The van der Waals surface area contributed by atoms with Crippen molar-refractivity contribution in [2.24, 2.45) is 11.7 Å². The van der Waals surface area contributed by atoms with Crippen molar-refractivity contribution in [2.45, 2.75) is 25.8 Å². The molecule has 4 nitrogen and oxygen atoms in total. The van der Waals surface area contributed by atoms with E-state index in [9.17, 15) is 4.79 Å². The second kappa shape index (κ2) is 7.04. The third-order valence-electron chi connectivity index (χ3n) is 2.61. The van der Waals surface area contributed by atoms with Crippen molar-refractivity contribution in [3.63, 3.8) is 0 Å². The molecule has 0 aromatic rings. The number of nitrogens with two attached hydrogens (primary N) is 1. The molecule has 0 bridgehead atoms. The molecule has 1 unspecified atom stereocenters. The lowest BCUT2D eigenvalue weighted by atomic mass is 10.0. The quantitative estimate of drug-likeness (QED) is 0.783. The van der Waals surface area contributed by atoms with E-state index in [1.165, 1.54) is 0 Å². The van der Waals surface area contributed by atoms with Crippen LogP contribution in [-0.4, -0.2) is 43.7 Å². The van der Waals surface area contributed by atoms with Crippen molar-refractivity contribution >= 4 is 18.3 Å². The van der Waals surface area contributed by atoms with Crippen LogP contribution in [0.15, 0.2) is 0 Å². The lowest BCUT2D eigenvalue weighted by Crippen LogP contribution is -2.47. The van der Waals surface area contributed by atoms with Crippen molar-refractivity contribution in [3.05, 3.63) is 0 Å². The van der Waals surface area contributed by atoms with Crippen molar-refractivity contribution in [3.8, 4) is 0 Å². The van der Waals surface area contributed by atoms with Gasteiger partial charge in [-0.15, -0.1) is 12.4 Å². The molecule has 0 radical (unpaired) electrons. The molecule has 0 saturated carbocycles. The SMILES string of the molecule is COCC(C)C(=O)N1CCC[C@@H](N)C1.Cl. The van der Waals surface area contributed by atoms with Gasteiger partial charge in [0.05, 0.1) is 12.5 Å². The highest BCUT2D eigenvalue weighted by molar-refractivity contribution is 5.85. The van der Waals surface area contributed by atoms with Crippen LogP contribution >= 0.6 is 12.4 Å². The third kappa shape index (κ3) is 4.36. The van der Waals surface area contributed by atoms with Crippen LogP contribution in [0.3, 0.4) is 0 Å². The number of carbonyl (C=O) groups is 1. The minimum Gasteiger partial charge on any atom is -0.384 e. The molecule has 0 aromatic heterocycles. The first-order valence-corrected chi connectivity index (χ1v) is 5.18. The minimum atomic E-state index is -0.0506. The number of likely N-dealkylation sites (tertiary alicyclic amines) is 1. The number of hydrogen-bond acceptors (Lipinski definition) is 3. The lowest BCUT2D eigenvalue weighted by molar-refractivity contribution is -0.137. The number of halogens is 1. The van der Waals surface area contributed by atoms with E-state index in [4.69, 9.17) is 10.5 Å². The number of carbonyl (C=O) groups excluding carboxylic acids is 1. The van der Waals surface area contributed by atoms with E-state index in [-0.39, 0.29) is 30.3 Å². The van der Waals surface area contributed by atoms with Gasteiger partial charge in [-0.2, -0.15) is 0 Å². The predicted molar refractivity (Wildman–Crippen MR) is 62.1 cm³/mol. The Morgan fingerprint density at radius 2 is 2.33 bits per heavy atom. The second-order valence-electron chi connectivity index (χ2n) is 4.04. The van der Waals surface area contributed by atoms with E-state index >= 15 is 0 Å². The Morgan fingerprint density at radius 3 is 2.87 bits per heavy atom. The minimum absolute atomic E-state index is 0. The Hall–Kier alpha value is -0.320. The molecule has 1 saturated heterocycles. The highest BCUT2D eigenvalue weighted by atomic mass is 35.5. The maximum Gasteiger partial charge on any atom is 0.227 e. The first-order valence-electron chi connectivity index (χ1n) is 5.18. The van der Waals surface area contributed by atoms with Gasteiger partial charge >= 0.3 is 0 Å². The van der Waals surface area contributed by atoms with E-state index in [0.29, 0.717) is 13.2 Å². The first-order chi connectivity index (χ1) is 6.65. The van der Waals surface area contributed by atoms with Gasteiger partial charge in [-0.1, -0.05) is 6.92 Å². The molecule has 1 aliphatic rings. The van der Waals surface area contributed by atoms with Gasteiger partial charge in [0.1, 0.15) is 0 Å². The van der Waals surface area contributed by atoms with E-state index in [1.54, 1.807) is 7.11 Å². The summed E-state index contributed by atoms with van der Waals surface area (Å²) in [5.41, 5.74) is 5.81. The van der Waals surface area contributed by atoms with Crippen LogP contribution in [0.4, 0.5) is 0 Å². The molecule has 0 aromatic carbocycles. The summed E-state index contributed by atoms with van der Waals surface area (Å²) in [6, 6.07) is 0.155. The molecule has 2 N–H and O–H groups in total. The molecule has 5 heteroatoms. The van der Waals surface area contributed by atoms with E-state index in [2.05, 4.69) is 0 Å². The summed E-state index contributed by atoms with van der Waals surface area (Å²) in [5.74, 6) is 0.118. The Labute approximate surface area is 97.5 Å². The molecule has 1 heterocycles. The molecule has 1 amide bonds. The van der Waals surface area contributed by atoms with Crippen LogP contribution in [0.25, 0.3) is 0 Å². The van der Waals surface area contributed by atoms with Crippen molar-refractivity contribution in [2.75, 3.05) is 26.8 Å². The fourth-order valence-corrected chi connectivity index (χ4v) is 1.84. The standard InChI is InChI=1S/C10H20N2O2.ClH/c1-8(7-14-2)10(13)12-5-3-4-9(11)6-12;/h8-9H,3-7,11H2,1-2H3;1H/t8?,9-;/m1./s1. The Morgan fingerprint density at radius 1 is 1.67 bits per heavy atom. The number of rotatable bonds is 3. The molecule has 0 spiro atoms. The van der Waals surface area contributed by atoms with Crippen LogP contribution in [0, 0.1) is 5.92 Å². The molecule has 1 fully saturated rings. The molecule has 1 aliphatic heterocycles. The van der Waals surface area contributed by atoms with Crippen LogP contribution in [0.5, 0.6) is 0 Å². The van der Waals surface area contributed by atoms with E-state index in [0.717, 1.165) is 19.4 Å². The summed E-state index contributed by atoms with van der Waals surface area (Å²) in [4.78, 5) is 13.7. The topological polar surface area (TPSA) is 55.6 Å². The van der Waals surface area contributed by atoms with Crippen LogP contribution in [0.1, 0.15) is 19.8 Å². The smallest absolute Gasteiger partial charge is 0.227 e. The third-order valence-corrected chi connectivity index (χ3v) is 2.61. The van der Waals surface area contributed by atoms with Gasteiger partial charge < -0.3 is 15.4 Å². The summed E-state index contributed by atoms with van der Waals surface area (Å²) in [6.07, 6.45) is 2.05. The number of amides is 1. The van der Waals surface area contributed by atoms with Gasteiger partial charge in [0.15, 0.2) is 0 Å². The zero-order valence-corrected chi connectivity index (χ0v) is 10.3. The number of ether oxygens (including phenoxy) is 1. The summed E-state index contributed by atoms with van der Waals surface area (Å²) in [7, 11) is 1.62. The van der Waals surface area contributed by atoms with E-state index < -0.39 is 0 Å². The Kier molecular flexibility index (Phi) is 6.89. The Bertz CT molecular complexity index is 202. The van der Waals surface area contributed by atoms with Crippen molar-refractivity contribution in [1.82, 2.24) is 4.90 Å². The molecule has 1 rings (SSSR count). The highest BCUT2D eigenvalue weighted by Crippen LogP contribution is 2.11. The molecular formula is C10H21ClN2O2. The molecule has 0 aliphatic carbocycles. The fraction of sp³-hybridized carbons (Fsp3) is 0.900. The van der Waals surface area contributed by atoms with Gasteiger partial charge in [-0.25, -0.2) is 0 Å². The predicted octanol–water partition coefficient (Wildman–Crippen LogP) is 0.640.